The first-order valence-corrected chi connectivity index (χ1v) is 7.07. The highest BCUT2D eigenvalue weighted by Gasteiger charge is 2.15. The highest BCUT2D eigenvalue weighted by molar-refractivity contribution is 6.36. The Balaban J connectivity index is 2.03. The number of hydrogen-bond acceptors (Lipinski definition) is 5. The topological polar surface area (TPSA) is 87.5 Å². The van der Waals surface area contributed by atoms with Crippen LogP contribution in [-0.2, 0) is 6.42 Å². The third-order valence-electron chi connectivity index (χ3n) is 3.23. The number of nitrogens with one attached hydrogen (secondary N) is 1. The van der Waals surface area contributed by atoms with E-state index in [2.05, 4.69) is 19.9 Å². The first-order chi connectivity index (χ1) is 10.6. The Morgan fingerprint density at radius 3 is 2.91 bits per heavy atom. The Bertz CT molecular complexity index is 897. The maximum atomic E-state index is 8.88. The van der Waals surface area contributed by atoms with Gasteiger partial charge in [0.25, 0.3) is 0 Å². The van der Waals surface area contributed by atoms with Crippen molar-refractivity contribution in [3.63, 3.8) is 0 Å². The molecule has 1 N–H and O–H groups in total. The SMILES string of the molecule is CCc1[nH]c2nc(Oc3cncc(C#N)c3)nc(C)c2c1Cl. The zero-order chi connectivity index (χ0) is 15.7. The van der Waals surface area contributed by atoms with Crippen molar-refractivity contribution in [2.45, 2.75) is 20.3 Å². The number of rotatable bonds is 3. The first kappa shape index (κ1) is 14.3. The number of nitriles is 1. The second kappa shape index (κ2) is 5.62. The van der Waals surface area contributed by atoms with Gasteiger partial charge < -0.3 is 9.72 Å². The van der Waals surface area contributed by atoms with Crippen molar-refractivity contribution in [3.8, 4) is 17.8 Å². The van der Waals surface area contributed by atoms with Crippen LogP contribution in [0.2, 0.25) is 5.02 Å². The molecule has 0 unspecified atom stereocenters. The van der Waals surface area contributed by atoms with Crippen molar-refractivity contribution in [1.82, 2.24) is 19.9 Å². The van der Waals surface area contributed by atoms with E-state index in [9.17, 15) is 0 Å². The molecular weight excluding hydrogens is 302 g/mol. The molecule has 3 heterocycles. The van der Waals surface area contributed by atoms with Crippen molar-refractivity contribution in [1.29, 1.82) is 5.26 Å². The third kappa shape index (κ3) is 2.47. The molecule has 3 aromatic heterocycles. The molecule has 22 heavy (non-hydrogen) atoms. The molecule has 0 saturated carbocycles. The summed E-state index contributed by atoms with van der Waals surface area (Å²) in [5.41, 5.74) is 2.69. The predicted molar refractivity (Wildman–Crippen MR) is 82.0 cm³/mol. The average molecular weight is 314 g/mol. The van der Waals surface area contributed by atoms with Crippen LogP contribution in [0.5, 0.6) is 11.8 Å². The van der Waals surface area contributed by atoms with Crippen LogP contribution < -0.4 is 4.74 Å². The number of aryl methyl sites for hydroxylation is 2. The van der Waals surface area contributed by atoms with E-state index in [0.29, 0.717) is 22.0 Å². The molecule has 0 spiro atoms. The fraction of sp³-hybridized carbons (Fsp3) is 0.200. The van der Waals surface area contributed by atoms with Gasteiger partial charge in [-0.1, -0.05) is 18.5 Å². The summed E-state index contributed by atoms with van der Waals surface area (Å²) in [4.78, 5) is 15.8. The van der Waals surface area contributed by atoms with Gasteiger partial charge >= 0.3 is 6.01 Å². The van der Waals surface area contributed by atoms with Crippen molar-refractivity contribution in [3.05, 3.63) is 40.4 Å². The molecule has 0 aliphatic rings. The summed E-state index contributed by atoms with van der Waals surface area (Å²) in [6.45, 7) is 3.86. The lowest BCUT2D eigenvalue weighted by Crippen LogP contribution is -1.95. The van der Waals surface area contributed by atoms with Crippen molar-refractivity contribution < 1.29 is 4.74 Å². The van der Waals surface area contributed by atoms with E-state index >= 15 is 0 Å². The molecule has 7 heteroatoms. The lowest BCUT2D eigenvalue weighted by molar-refractivity contribution is 0.440. The van der Waals surface area contributed by atoms with E-state index < -0.39 is 0 Å². The molecule has 0 atom stereocenters. The molecule has 0 fully saturated rings. The summed E-state index contributed by atoms with van der Waals surface area (Å²) < 4.78 is 5.59. The van der Waals surface area contributed by atoms with Crippen LogP contribution in [0.15, 0.2) is 18.5 Å². The second-order valence-electron chi connectivity index (χ2n) is 4.71. The number of nitrogens with zero attached hydrogens (tertiary/aromatic N) is 4. The number of aromatic nitrogens is 4. The van der Waals surface area contributed by atoms with Gasteiger partial charge in [-0.3, -0.25) is 4.98 Å². The lowest BCUT2D eigenvalue weighted by atomic mass is 10.2. The molecular formula is C15H12ClN5O. The van der Waals surface area contributed by atoms with Crippen LogP contribution in [0, 0.1) is 18.3 Å². The fourth-order valence-electron chi connectivity index (χ4n) is 2.18. The van der Waals surface area contributed by atoms with Crippen molar-refractivity contribution >= 4 is 22.6 Å². The average Bonchev–Trinajstić information content (AvgIpc) is 2.84. The van der Waals surface area contributed by atoms with Gasteiger partial charge in [-0.05, 0) is 13.3 Å². The Hall–Kier alpha value is -2.65. The molecule has 0 amide bonds. The maximum absolute atomic E-state index is 8.88. The number of halogens is 1. The van der Waals surface area contributed by atoms with Crippen LogP contribution in [0.25, 0.3) is 11.0 Å². The quantitative estimate of drug-likeness (QED) is 0.799. The van der Waals surface area contributed by atoms with Crippen molar-refractivity contribution in [2.75, 3.05) is 0 Å². The Kier molecular flexibility index (Phi) is 3.65. The van der Waals surface area contributed by atoms with Gasteiger partial charge in [0.15, 0.2) is 5.75 Å². The molecule has 6 nitrogen and oxygen atoms in total. The van der Waals surface area contributed by atoms with Gasteiger partial charge in [0.2, 0.25) is 0 Å². The monoisotopic (exact) mass is 313 g/mol. The van der Waals surface area contributed by atoms with Crippen LogP contribution in [0.4, 0.5) is 0 Å². The minimum absolute atomic E-state index is 0.183. The molecule has 0 radical (unpaired) electrons. The van der Waals surface area contributed by atoms with E-state index in [4.69, 9.17) is 21.6 Å². The van der Waals surface area contributed by atoms with Crippen LogP contribution in [0.1, 0.15) is 23.9 Å². The number of aromatic amines is 1. The fourth-order valence-corrected chi connectivity index (χ4v) is 2.59. The molecule has 0 aliphatic heterocycles. The smallest absolute Gasteiger partial charge is 0.324 e. The lowest BCUT2D eigenvalue weighted by Gasteiger charge is -2.05. The van der Waals surface area contributed by atoms with Gasteiger partial charge in [0, 0.05) is 18.0 Å². The molecule has 0 aliphatic carbocycles. The highest BCUT2D eigenvalue weighted by Crippen LogP contribution is 2.30. The Labute approximate surface area is 131 Å². The van der Waals surface area contributed by atoms with E-state index in [-0.39, 0.29) is 6.01 Å². The first-order valence-electron chi connectivity index (χ1n) is 6.70. The number of fused-ring (bicyclic) bond motifs is 1. The normalized spacial score (nSPS) is 10.6. The zero-order valence-corrected chi connectivity index (χ0v) is 12.8. The van der Waals surface area contributed by atoms with E-state index in [0.717, 1.165) is 23.2 Å². The molecule has 3 rings (SSSR count). The summed E-state index contributed by atoms with van der Waals surface area (Å²) in [7, 11) is 0. The molecule has 0 aromatic carbocycles. The van der Waals surface area contributed by atoms with Crippen LogP contribution in [0.3, 0.4) is 0 Å². The van der Waals surface area contributed by atoms with Crippen LogP contribution >= 0.6 is 11.6 Å². The number of hydrogen-bond donors (Lipinski definition) is 1. The van der Waals surface area contributed by atoms with Gasteiger partial charge in [0.05, 0.1) is 27.9 Å². The summed E-state index contributed by atoms with van der Waals surface area (Å²) in [6.07, 6.45) is 3.74. The van der Waals surface area contributed by atoms with Gasteiger partial charge in [-0.25, -0.2) is 0 Å². The van der Waals surface area contributed by atoms with E-state index in [1.54, 1.807) is 6.07 Å². The molecule has 3 aromatic rings. The minimum Gasteiger partial charge on any atom is -0.423 e. The predicted octanol–water partition coefficient (Wildman–Crippen LogP) is 3.54. The van der Waals surface area contributed by atoms with Crippen molar-refractivity contribution in [2.24, 2.45) is 0 Å². The summed E-state index contributed by atoms with van der Waals surface area (Å²) in [5, 5.41) is 10.3. The second-order valence-corrected chi connectivity index (χ2v) is 5.09. The van der Waals surface area contributed by atoms with E-state index in [1.807, 2.05) is 19.9 Å². The Morgan fingerprint density at radius 2 is 2.18 bits per heavy atom. The van der Waals surface area contributed by atoms with Gasteiger partial charge in [0.1, 0.15) is 11.7 Å². The van der Waals surface area contributed by atoms with Gasteiger partial charge in [-0.15, -0.1) is 0 Å². The van der Waals surface area contributed by atoms with E-state index in [1.165, 1.54) is 12.4 Å². The number of H-pyrrole nitrogens is 1. The number of pyridine rings is 1. The minimum atomic E-state index is 0.183. The maximum Gasteiger partial charge on any atom is 0.324 e. The van der Waals surface area contributed by atoms with Crippen LogP contribution in [-0.4, -0.2) is 19.9 Å². The zero-order valence-electron chi connectivity index (χ0n) is 12.0. The standard InChI is InChI=1S/C15H12ClN5O/c1-3-11-13(16)12-8(2)19-15(21-14(12)20-11)22-10-4-9(5-17)6-18-7-10/h4,6-7H,3H2,1-2H3,(H,19,20,21). The number of ether oxygens (including phenoxy) is 1. The molecule has 0 saturated heterocycles. The highest BCUT2D eigenvalue weighted by atomic mass is 35.5. The largest absolute Gasteiger partial charge is 0.423 e. The molecule has 110 valence electrons. The van der Waals surface area contributed by atoms with Gasteiger partial charge in [-0.2, -0.15) is 15.2 Å². The summed E-state index contributed by atoms with van der Waals surface area (Å²) in [5.74, 6) is 0.408. The summed E-state index contributed by atoms with van der Waals surface area (Å²) >= 11 is 6.32. The molecule has 0 bridgehead atoms. The Morgan fingerprint density at radius 1 is 1.36 bits per heavy atom. The summed E-state index contributed by atoms with van der Waals surface area (Å²) in [6, 6.07) is 3.77. The third-order valence-corrected chi connectivity index (χ3v) is 3.65.